The quantitative estimate of drug-likeness (QED) is 0.877. The largest absolute Gasteiger partial charge is 0.465 e. The third-order valence-corrected chi connectivity index (χ3v) is 4.31. The molecule has 2 aromatic rings. The Morgan fingerprint density at radius 2 is 2.11 bits per heavy atom. The van der Waals surface area contributed by atoms with Crippen molar-refractivity contribution in [3.05, 3.63) is 34.7 Å². The number of carboxylic acid groups (broad SMARTS) is 1. The van der Waals surface area contributed by atoms with E-state index in [4.69, 9.17) is 5.11 Å². The lowest BCUT2D eigenvalue weighted by atomic mass is 9.90. The lowest BCUT2D eigenvalue weighted by molar-refractivity contribution is 0.132. The molecule has 0 atom stereocenters. The van der Waals surface area contributed by atoms with Gasteiger partial charge in [-0.25, -0.2) is 9.78 Å². The zero-order valence-electron chi connectivity index (χ0n) is 10.3. The minimum absolute atomic E-state index is 0.425. The molecule has 19 heavy (non-hydrogen) atoms. The van der Waals surface area contributed by atoms with Crippen molar-refractivity contribution in [2.75, 3.05) is 13.1 Å². The van der Waals surface area contributed by atoms with Crippen molar-refractivity contribution in [2.45, 2.75) is 18.8 Å². The first-order valence-electron chi connectivity index (χ1n) is 6.25. The Hall–Kier alpha value is -1.56. The smallest absolute Gasteiger partial charge is 0.407 e. The van der Waals surface area contributed by atoms with Gasteiger partial charge in [0.15, 0.2) is 0 Å². The number of halogens is 1. The molecule has 0 aliphatic carbocycles. The van der Waals surface area contributed by atoms with E-state index in [1.807, 2.05) is 10.5 Å². The summed E-state index contributed by atoms with van der Waals surface area (Å²) in [6.45, 7) is 1.23. The van der Waals surface area contributed by atoms with Gasteiger partial charge in [0.25, 0.3) is 0 Å². The monoisotopic (exact) mass is 323 g/mol. The molecule has 0 spiro atoms. The number of amides is 1. The maximum Gasteiger partial charge on any atom is 0.407 e. The summed E-state index contributed by atoms with van der Waals surface area (Å²) in [5.41, 5.74) is 2.16. The van der Waals surface area contributed by atoms with Gasteiger partial charge in [-0.3, -0.25) is 4.40 Å². The first kappa shape index (κ1) is 12.5. The van der Waals surface area contributed by atoms with Crippen LogP contribution in [-0.2, 0) is 0 Å². The van der Waals surface area contributed by atoms with E-state index in [0.717, 1.165) is 23.1 Å². The van der Waals surface area contributed by atoms with E-state index in [1.54, 1.807) is 6.20 Å². The number of carbonyl (C=O) groups is 1. The summed E-state index contributed by atoms with van der Waals surface area (Å²) in [6.07, 6.45) is 4.82. The second-order valence-electron chi connectivity index (χ2n) is 4.82. The van der Waals surface area contributed by atoms with E-state index >= 15 is 0 Å². The molecule has 0 bridgehead atoms. The van der Waals surface area contributed by atoms with Crippen molar-refractivity contribution in [3.8, 4) is 0 Å². The van der Waals surface area contributed by atoms with Crippen LogP contribution < -0.4 is 0 Å². The number of aromatic nitrogens is 2. The van der Waals surface area contributed by atoms with E-state index in [2.05, 4.69) is 33.2 Å². The van der Waals surface area contributed by atoms with Gasteiger partial charge in [0.1, 0.15) is 10.3 Å². The Bertz CT molecular complexity index is 617. The predicted molar refractivity (Wildman–Crippen MR) is 74.5 cm³/mol. The molecule has 3 heterocycles. The van der Waals surface area contributed by atoms with Crippen LogP contribution in [0.15, 0.2) is 29.1 Å². The highest BCUT2D eigenvalue weighted by atomic mass is 79.9. The van der Waals surface area contributed by atoms with Crippen molar-refractivity contribution in [3.63, 3.8) is 0 Å². The van der Waals surface area contributed by atoms with Crippen molar-refractivity contribution in [2.24, 2.45) is 0 Å². The van der Waals surface area contributed by atoms with Gasteiger partial charge in [-0.15, -0.1) is 0 Å². The third-order valence-electron chi connectivity index (χ3n) is 3.72. The summed E-state index contributed by atoms with van der Waals surface area (Å²) in [4.78, 5) is 16.6. The van der Waals surface area contributed by atoms with Gasteiger partial charge in [-0.2, -0.15) is 0 Å². The number of likely N-dealkylation sites (tertiary alicyclic amines) is 1. The normalized spacial score (nSPS) is 17.0. The summed E-state index contributed by atoms with van der Waals surface area (Å²) in [5, 5.41) is 8.95. The first-order chi connectivity index (χ1) is 9.15. The molecule has 5 nitrogen and oxygen atoms in total. The van der Waals surface area contributed by atoms with Crippen LogP contribution >= 0.6 is 15.9 Å². The lowest BCUT2D eigenvalue weighted by Crippen LogP contribution is -2.36. The topological polar surface area (TPSA) is 57.8 Å². The van der Waals surface area contributed by atoms with Crippen LogP contribution in [0.2, 0.25) is 0 Å². The summed E-state index contributed by atoms with van der Waals surface area (Å²) >= 11 is 3.47. The number of rotatable bonds is 1. The number of hydrogen-bond donors (Lipinski definition) is 1. The Morgan fingerprint density at radius 3 is 2.79 bits per heavy atom. The first-order valence-corrected chi connectivity index (χ1v) is 7.05. The SMILES string of the molecule is O=C(O)N1CCC(c2ccc3ncc(Br)n3c2)CC1. The van der Waals surface area contributed by atoms with Gasteiger partial charge in [-0.05, 0) is 46.3 Å². The van der Waals surface area contributed by atoms with Gasteiger partial charge in [0, 0.05) is 19.3 Å². The molecule has 1 saturated heterocycles. The highest BCUT2D eigenvalue weighted by molar-refractivity contribution is 9.10. The van der Waals surface area contributed by atoms with E-state index in [-0.39, 0.29) is 0 Å². The Morgan fingerprint density at radius 1 is 1.37 bits per heavy atom. The van der Waals surface area contributed by atoms with Gasteiger partial charge in [-0.1, -0.05) is 6.07 Å². The summed E-state index contributed by atoms with van der Waals surface area (Å²) < 4.78 is 2.95. The molecule has 100 valence electrons. The number of hydrogen-bond acceptors (Lipinski definition) is 2. The average molecular weight is 324 g/mol. The molecule has 6 heteroatoms. The summed E-state index contributed by atoms with van der Waals surface area (Å²) in [6, 6.07) is 4.10. The van der Waals surface area contributed by atoms with Crippen LogP contribution in [-0.4, -0.2) is 38.6 Å². The molecule has 1 aliphatic heterocycles. The Balaban J connectivity index is 1.81. The number of pyridine rings is 1. The van der Waals surface area contributed by atoms with E-state index in [0.29, 0.717) is 19.0 Å². The fourth-order valence-electron chi connectivity index (χ4n) is 2.61. The molecule has 1 amide bonds. The predicted octanol–water partition coefficient (Wildman–Crippen LogP) is 2.95. The fourth-order valence-corrected chi connectivity index (χ4v) is 3.00. The third kappa shape index (κ3) is 2.32. The van der Waals surface area contributed by atoms with E-state index in [1.165, 1.54) is 10.5 Å². The zero-order valence-corrected chi connectivity index (χ0v) is 11.9. The van der Waals surface area contributed by atoms with Crippen molar-refractivity contribution >= 4 is 27.7 Å². The number of imidazole rings is 1. The lowest BCUT2D eigenvalue weighted by Gasteiger charge is -2.30. The fraction of sp³-hybridized carbons (Fsp3) is 0.385. The average Bonchev–Trinajstić information content (AvgIpc) is 2.80. The minimum Gasteiger partial charge on any atom is -0.465 e. The van der Waals surface area contributed by atoms with Crippen LogP contribution in [0, 0.1) is 0 Å². The van der Waals surface area contributed by atoms with Crippen LogP contribution in [0.4, 0.5) is 4.79 Å². The number of piperidine rings is 1. The van der Waals surface area contributed by atoms with Crippen LogP contribution in [0.3, 0.4) is 0 Å². The number of nitrogens with zero attached hydrogens (tertiary/aromatic N) is 3. The van der Waals surface area contributed by atoms with Crippen molar-refractivity contribution in [1.82, 2.24) is 14.3 Å². The molecule has 0 aromatic carbocycles. The maximum absolute atomic E-state index is 10.9. The van der Waals surface area contributed by atoms with Gasteiger partial charge in [0.05, 0.1) is 6.20 Å². The van der Waals surface area contributed by atoms with Gasteiger partial charge < -0.3 is 10.0 Å². The Labute approximate surface area is 119 Å². The molecule has 3 rings (SSSR count). The molecule has 1 N–H and O–H groups in total. The van der Waals surface area contributed by atoms with E-state index in [9.17, 15) is 4.79 Å². The molecule has 2 aromatic heterocycles. The molecular formula is C13H14BrN3O2. The minimum atomic E-state index is -0.814. The van der Waals surface area contributed by atoms with Crippen LogP contribution in [0.5, 0.6) is 0 Å². The van der Waals surface area contributed by atoms with Crippen LogP contribution in [0.25, 0.3) is 5.65 Å². The Kier molecular flexibility index (Phi) is 3.18. The second kappa shape index (κ2) is 4.85. The highest BCUT2D eigenvalue weighted by Crippen LogP contribution is 2.28. The van der Waals surface area contributed by atoms with Gasteiger partial charge >= 0.3 is 6.09 Å². The van der Waals surface area contributed by atoms with Crippen molar-refractivity contribution in [1.29, 1.82) is 0 Å². The molecule has 1 aliphatic rings. The highest BCUT2D eigenvalue weighted by Gasteiger charge is 2.23. The maximum atomic E-state index is 10.9. The van der Waals surface area contributed by atoms with Gasteiger partial charge in [0.2, 0.25) is 0 Å². The zero-order chi connectivity index (χ0) is 13.4. The van der Waals surface area contributed by atoms with Crippen LogP contribution in [0.1, 0.15) is 24.3 Å². The van der Waals surface area contributed by atoms with E-state index < -0.39 is 6.09 Å². The summed E-state index contributed by atoms with van der Waals surface area (Å²) in [7, 11) is 0. The molecule has 0 saturated carbocycles. The molecular weight excluding hydrogens is 310 g/mol. The standard InChI is InChI=1S/C13H14BrN3O2/c14-11-7-15-12-2-1-10(8-17(11)12)9-3-5-16(6-4-9)13(18)19/h1-2,7-9H,3-6H2,(H,18,19). The van der Waals surface area contributed by atoms with Crippen molar-refractivity contribution < 1.29 is 9.90 Å². The number of fused-ring (bicyclic) bond motifs is 1. The molecule has 0 unspecified atom stereocenters. The summed E-state index contributed by atoms with van der Waals surface area (Å²) in [5.74, 6) is 0.425. The molecule has 0 radical (unpaired) electrons. The second-order valence-corrected chi connectivity index (χ2v) is 5.63. The molecule has 1 fully saturated rings.